The van der Waals surface area contributed by atoms with Crippen LogP contribution in [-0.4, -0.2) is 79.9 Å². The number of sulfone groups is 1. The van der Waals surface area contributed by atoms with Crippen molar-refractivity contribution in [2.75, 3.05) is 18.6 Å². The third-order valence-corrected chi connectivity index (χ3v) is 4.27. The Labute approximate surface area is 129 Å². The van der Waals surface area contributed by atoms with Gasteiger partial charge in [-0.15, -0.1) is 5.10 Å². The Morgan fingerprint density at radius 2 is 2.00 bits per heavy atom. The Kier molecular flexibility index (Phi) is 3.68. The molecular weight excluding hydrogens is 332 g/mol. The summed E-state index contributed by atoms with van der Waals surface area (Å²) in [6, 6.07) is 0. The molecule has 0 aromatic carbocycles. The topological polar surface area (TPSA) is 187 Å². The molecule has 126 valence electrons. The number of nitrogen functional groups attached to an aromatic ring is 1. The van der Waals surface area contributed by atoms with E-state index in [4.69, 9.17) is 15.6 Å². The molecule has 0 unspecified atom stereocenters. The quantitative estimate of drug-likeness (QED) is 0.410. The molecule has 0 radical (unpaired) electrons. The Bertz CT molecular complexity index is 853. The molecule has 3 heterocycles. The van der Waals surface area contributed by atoms with E-state index in [2.05, 4.69) is 20.3 Å². The number of aliphatic hydroxyl groups is 3. The summed E-state index contributed by atoms with van der Waals surface area (Å²) in [4.78, 5) is 7.49. The van der Waals surface area contributed by atoms with E-state index >= 15 is 0 Å². The van der Waals surface area contributed by atoms with Crippen molar-refractivity contribution in [3.63, 3.8) is 0 Å². The van der Waals surface area contributed by atoms with Crippen molar-refractivity contribution in [1.82, 2.24) is 25.0 Å². The minimum Gasteiger partial charge on any atom is -0.394 e. The average Bonchev–Trinajstić information content (AvgIpc) is 3.01. The molecule has 3 rings (SSSR count). The van der Waals surface area contributed by atoms with Crippen LogP contribution in [0.2, 0.25) is 0 Å². The molecule has 23 heavy (non-hydrogen) atoms. The van der Waals surface area contributed by atoms with Gasteiger partial charge in [0.2, 0.25) is 9.84 Å². The number of fused-ring (bicyclic) bond motifs is 1. The number of ether oxygens (including phenoxy) is 1. The predicted octanol–water partition coefficient (Wildman–Crippen LogP) is -3.18. The van der Waals surface area contributed by atoms with Gasteiger partial charge >= 0.3 is 0 Å². The lowest BCUT2D eigenvalue weighted by Gasteiger charge is -2.14. The lowest BCUT2D eigenvalue weighted by Crippen LogP contribution is -2.33. The second-order valence-corrected chi connectivity index (χ2v) is 7.01. The van der Waals surface area contributed by atoms with Crippen LogP contribution in [0.1, 0.15) is 6.23 Å². The van der Waals surface area contributed by atoms with Gasteiger partial charge in [-0.25, -0.2) is 8.42 Å². The zero-order valence-corrected chi connectivity index (χ0v) is 12.6. The monoisotopic (exact) mass is 346 g/mol. The lowest BCUT2D eigenvalue weighted by atomic mass is 10.1. The molecule has 0 bridgehead atoms. The highest BCUT2D eigenvalue weighted by molar-refractivity contribution is 7.90. The summed E-state index contributed by atoms with van der Waals surface area (Å²) in [6.07, 6.45) is -4.10. The first-order valence-electron chi connectivity index (χ1n) is 6.45. The first-order valence-corrected chi connectivity index (χ1v) is 8.34. The largest absolute Gasteiger partial charge is 0.394 e. The van der Waals surface area contributed by atoms with E-state index < -0.39 is 46.1 Å². The Hall–Kier alpha value is -1.93. The van der Waals surface area contributed by atoms with Gasteiger partial charge in [-0.05, 0) is 0 Å². The Balaban J connectivity index is 2.14. The van der Waals surface area contributed by atoms with Crippen molar-refractivity contribution in [3.05, 3.63) is 0 Å². The smallest absolute Gasteiger partial charge is 0.250 e. The summed E-state index contributed by atoms with van der Waals surface area (Å²) in [5.74, 6) is -0.201. The van der Waals surface area contributed by atoms with Gasteiger partial charge in [-0.2, -0.15) is 14.6 Å². The fourth-order valence-electron chi connectivity index (χ4n) is 2.25. The van der Waals surface area contributed by atoms with Gasteiger partial charge in [-0.1, -0.05) is 5.21 Å². The summed E-state index contributed by atoms with van der Waals surface area (Å²) in [7, 11) is -3.74. The summed E-state index contributed by atoms with van der Waals surface area (Å²) >= 11 is 0. The fourth-order valence-corrected chi connectivity index (χ4v) is 2.77. The van der Waals surface area contributed by atoms with Crippen LogP contribution < -0.4 is 5.73 Å². The normalized spacial score (nSPS) is 28.5. The maximum Gasteiger partial charge on any atom is 0.250 e. The van der Waals surface area contributed by atoms with Crippen LogP contribution in [0.15, 0.2) is 5.16 Å². The lowest BCUT2D eigenvalue weighted by molar-refractivity contribution is -0.0575. The van der Waals surface area contributed by atoms with Gasteiger partial charge in [0.25, 0.3) is 5.16 Å². The van der Waals surface area contributed by atoms with Crippen molar-refractivity contribution >= 4 is 26.8 Å². The second-order valence-electron chi connectivity index (χ2n) is 5.10. The number of rotatable bonds is 3. The van der Waals surface area contributed by atoms with Gasteiger partial charge in [0.15, 0.2) is 23.2 Å². The summed E-state index contributed by atoms with van der Waals surface area (Å²) < 4.78 is 29.5. The third-order valence-electron chi connectivity index (χ3n) is 3.42. The summed E-state index contributed by atoms with van der Waals surface area (Å²) in [6.45, 7) is -0.521. The van der Waals surface area contributed by atoms with Crippen LogP contribution in [0.4, 0.5) is 5.82 Å². The van der Waals surface area contributed by atoms with Crippen molar-refractivity contribution in [3.8, 4) is 0 Å². The SMILES string of the molecule is CS(=O)(=O)c1nc(N)c2nnn([C@@H]3O[C@H](CO)[C@@H](O)[C@H]3O)c2n1. The molecule has 12 nitrogen and oxygen atoms in total. The highest BCUT2D eigenvalue weighted by Gasteiger charge is 2.44. The fraction of sp³-hybridized carbons (Fsp3) is 0.600. The minimum atomic E-state index is -3.74. The maximum absolute atomic E-state index is 11.6. The number of anilines is 1. The molecule has 5 N–H and O–H groups in total. The molecule has 1 saturated heterocycles. The van der Waals surface area contributed by atoms with Crippen molar-refractivity contribution in [2.24, 2.45) is 0 Å². The number of hydrogen-bond acceptors (Lipinski definition) is 11. The average molecular weight is 346 g/mol. The van der Waals surface area contributed by atoms with Gasteiger partial charge in [0.05, 0.1) is 6.61 Å². The number of nitrogens with zero attached hydrogens (tertiary/aromatic N) is 5. The van der Waals surface area contributed by atoms with Gasteiger partial charge in [0.1, 0.15) is 18.3 Å². The van der Waals surface area contributed by atoms with Crippen LogP contribution >= 0.6 is 0 Å². The van der Waals surface area contributed by atoms with E-state index in [1.165, 1.54) is 0 Å². The van der Waals surface area contributed by atoms with Crippen LogP contribution in [0, 0.1) is 0 Å². The van der Waals surface area contributed by atoms with Crippen LogP contribution in [0.25, 0.3) is 11.2 Å². The second kappa shape index (κ2) is 5.31. The zero-order chi connectivity index (χ0) is 16.9. The van der Waals surface area contributed by atoms with Gasteiger partial charge in [-0.3, -0.25) is 0 Å². The van der Waals surface area contributed by atoms with Crippen molar-refractivity contribution in [2.45, 2.75) is 29.7 Å². The first kappa shape index (κ1) is 15.9. The van der Waals surface area contributed by atoms with E-state index in [0.29, 0.717) is 0 Å². The highest BCUT2D eigenvalue weighted by Crippen LogP contribution is 2.31. The van der Waals surface area contributed by atoms with Crippen molar-refractivity contribution < 1.29 is 28.5 Å². The van der Waals surface area contributed by atoms with E-state index in [9.17, 15) is 18.6 Å². The summed E-state index contributed by atoms with van der Waals surface area (Å²) in [5, 5.41) is 35.8. The maximum atomic E-state index is 11.6. The molecule has 13 heteroatoms. The van der Waals surface area contributed by atoms with Gasteiger partial charge < -0.3 is 25.8 Å². The molecular formula is C10H14N6O6S. The molecule has 2 aromatic rings. The number of aromatic nitrogens is 5. The van der Waals surface area contributed by atoms with Crippen LogP contribution in [-0.2, 0) is 14.6 Å². The molecule has 1 fully saturated rings. The van der Waals surface area contributed by atoms with Crippen LogP contribution in [0.3, 0.4) is 0 Å². The molecule has 4 atom stereocenters. The van der Waals surface area contributed by atoms with E-state index in [0.717, 1.165) is 10.9 Å². The van der Waals surface area contributed by atoms with Crippen LogP contribution in [0.5, 0.6) is 0 Å². The first-order chi connectivity index (χ1) is 10.7. The number of nitrogens with two attached hydrogens (primary N) is 1. The van der Waals surface area contributed by atoms with E-state index in [1.807, 2.05) is 0 Å². The van der Waals surface area contributed by atoms with E-state index in [1.54, 1.807) is 0 Å². The molecule has 0 spiro atoms. The highest BCUT2D eigenvalue weighted by atomic mass is 32.2. The van der Waals surface area contributed by atoms with Crippen molar-refractivity contribution in [1.29, 1.82) is 0 Å². The Morgan fingerprint density at radius 1 is 1.30 bits per heavy atom. The Morgan fingerprint density at radius 3 is 2.57 bits per heavy atom. The van der Waals surface area contributed by atoms with E-state index in [-0.39, 0.29) is 17.0 Å². The molecule has 1 aliphatic rings. The molecule has 2 aromatic heterocycles. The van der Waals surface area contributed by atoms with Gasteiger partial charge in [0, 0.05) is 6.26 Å². The molecule has 1 aliphatic heterocycles. The third kappa shape index (κ3) is 2.51. The summed E-state index contributed by atoms with van der Waals surface area (Å²) in [5.41, 5.74) is 5.60. The molecule has 0 aliphatic carbocycles. The number of aliphatic hydroxyl groups excluding tert-OH is 3. The molecule has 0 saturated carbocycles. The molecule has 0 amide bonds. The number of hydrogen-bond donors (Lipinski definition) is 4. The standard InChI is InChI=1S/C10H14N6O6S/c1-23(20,21)10-12-7(11)4-8(13-10)16(15-14-4)9-6(19)5(18)3(2-17)22-9/h3,5-6,9,17-19H,2H2,1H3,(H2,11,12,13)/t3-,5-,6-,9-/m1/s1. The zero-order valence-electron chi connectivity index (χ0n) is 11.8. The predicted molar refractivity (Wildman–Crippen MR) is 73.6 cm³/mol. The minimum absolute atomic E-state index is 0.0233.